The minimum absolute atomic E-state index is 0.249. The van der Waals surface area contributed by atoms with E-state index in [0.717, 1.165) is 11.1 Å². The minimum atomic E-state index is -3.50. The number of ether oxygens (including phenoxy) is 1. The largest absolute Gasteiger partial charge is 0.494 e. The van der Waals surface area contributed by atoms with Crippen molar-refractivity contribution >= 4 is 10.0 Å². The van der Waals surface area contributed by atoms with E-state index in [1.807, 2.05) is 13.8 Å². The van der Waals surface area contributed by atoms with Crippen LogP contribution in [0.15, 0.2) is 40.1 Å². The number of sulfonamides is 1. The van der Waals surface area contributed by atoms with Crippen LogP contribution in [0.5, 0.6) is 5.75 Å². The fourth-order valence-corrected chi connectivity index (χ4v) is 3.20. The van der Waals surface area contributed by atoms with E-state index in [2.05, 4.69) is 9.88 Å². The molecule has 0 amide bonds. The van der Waals surface area contributed by atoms with Crippen molar-refractivity contribution < 1.29 is 17.7 Å². The summed E-state index contributed by atoms with van der Waals surface area (Å²) in [5.74, 6) is 0.703. The van der Waals surface area contributed by atoms with E-state index >= 15 is 0 Å². The molecule has 22 heavy (non-hydrogen) atoms. The Morgan fingerprint density at radius 1 is 1.36 bits per heavy atom. The van der Waals surface area contributed by atoms with Gasteiger partial charge in [0.15, 0.2) is 0 Å². The smallest absolute Gasteiger partial charge is 0.240 e. The molecule has 2 aromatic rings. The summed E-state index contributed by atoms with van der Waals surface area (Å²) in [6.45, 7) is 4.63. The zero-order chi connectivity index (χ0) is 16.0. The first kappa shape index (κ1) is 16.5. The van der Waals surface area contributed by atoms with Crippen LogP contribution >= 0.6 is 0 Å². The van der Waals surface area contributed by atoms with Crippen molar-refractivity contribution in [3.8, 4) is 5.75 Å². The van der Waals surface area contributed by atoms with Crippen molar-refractivity contribution in [1.29, 1.82) is 0 Å². The molecule has 0 saturated carbocycles. The highest BCUT2D eigenvalue weighted by Gasteiger charge is 2.14. The van der Waals surface area contributed by atoms with Crippen molar-refractivity contribution in [2.45, 2.75) is 31.6 Å². The highest BCUT2D eigenvalue weighted by Crippen LogP contribution is 2.21. The standard InChI is InChI=1S/C15H20N2O4S/c1-3-20-15-7-6-14(9-12(15)2)22(18,19)17-8-4-5-13-10-16-21-11-13/h6-7,9-11,17H,3-5,8H2,1-2H3. The lowest BCUT2D eigenvalue weighted by Crippen LogP contribution is -2.25. The van der Waals surface area contributed by atoms with Gasteiger partial charge < -0.3 is 9.26 Å². The van der Waals surface area contributed by atoms with Crippen molar-refractivity contribution in [3.05, 3.63) is 41.8 Å². The molecule has 2 rings (SSSR count). The summed E-state index contributed by atoms with van der Waals surface area (Å²) in [5, 5.41) is 3.60. The van der Waals surface area contributed by atoms with Crippen LogP contribution in [0.4, 0.5) is 0 Å². The van der Waals surface area contributed by atoms with Crippen LogP contribution < -0.4 is 9.46 Å². The molecule has 1 heterocycles. The second-order valence-electron chi connectivity index (χ2n) is 4.89. The Labute approximate surface area is 130 Å². The fraction of sp³-hybridized carbons (Fsp3) is 0.400. The van der Waals surface area contributed by atoms with Gasteiger partial charge in [0.1, 0.15) is 12.0 Å². The molecular weight excluding hydrogens is 304 g/mol. The maximum absolute atomic E-state index is 12.2. The first-order valence-corrected chi connectivity index (χ1v) is 8.62. The van der Waals surface area contributed by atoms with Gasteiger partial charge in [0.25, 0.3) is 0 Å². The second-order valence-corrected chi connectivity index (χ2v) is 6.66. The molecule has 1 N–H and O–H groups in total. The minimum Gasteiger partial charge on any atom is -0.494 e. The van der Waals surface area contributed by atoms with Crippen LogP contribution in [0.25, 0.3) is 0 Å². The van der Waals surface area contributed by atoms with Crippen molar-refractivity contribution in [1.82, 2.24) is 9.88 Å². The molecule has 1 aromatic carbocycles. The Balaban J connectivity index is 1.93. The zero-order valence-electron chi connectivity index (χ0n) is 12.7. The average Bonchev–Trinajstić information content (AvgIpc) is 2.99. The number of hydrogen-bond donors (Lipinski definition) is 1. The third-order valence-corrected chi connectivity index (χ3v) is 4.63. The third-order valence-electron chi connectivity index (χ3n) is 3.17. The van der Waals surface area contributed by atoms with Gasteiger partial charge in [-0.15, -0.1) is 0 Å². The molecule has 0 unspecified atom stereocenters. The van der Waals surface area contributed by atoms with Crippen LogP contribution in [-0.2, 0) is 16.4 Å². The maximum atomic E-state index is 12.2. The van der Waals surface area contributed by atoms with Gasteiger partial charge in [0.05, 0.1) is 17.7 Å². The Bertz CT molecular complexity index is 696. The van der Waals surface area contributed by atoms with Gasteiger partial charge in [0.2, 0.25) is 10.0 Å². The molecule has 0 spiro atoms. The summed E-state index contributed by atoms with van der Waals surface area (Å²) in [4.78, 5) is 0.249. The maximum Gasteiger partial charge on any atom is 0.240 e. The van der Waals surface area contributed by atoms with Gasteiger partial charge >= 0.3 is 0 Å². The summed E-state index contributed by atoms with van der Waals surface area (Å²) in [5.41, 5.74) is 1.75. The predicted octanol–water partition coefficient (Wildman–Crippen LogP) is 2.29. The van der Waals surface area contributed by atoms with Gasteiger partial charge in [-0.25, -0.2) is 13.1 Å². The van der Waals surface area contributed by atoms with Gasteiger partial charge in [-0.2, -0.15) is 0 Å². The van der Waals surface area contributed by atoms with Gasteiger partial charge in [-0.05, 0) is 50.5 Å². The summed E-state index contributed by atoms with van der Waals surface area (Å²) >= 11 is 0. The Hall–Kier alpha value is -1.86. The molecule has 0 aliphatic rings. The van der Waals surface area contributed by atoms with E-state index in [1.165, 1.54) is 0 Å². The highest BCUT2D eigenvalue weighted by atomic mass is 32.2. The van der Waals surface area contributed by atoms with Crippen molar-refractivity contribution in [2.75, 3.05) is 13.2 Å². The first-order valence-electron chi connectivity index (χ1n) is 7.14. The molecule has 1 aromatic heterocycles. The number of nitrogens with zero attached hydrogens (tertiary/aromatic N) is 1. The van der Waals surface area contributed by atoms with Gasteiger partial charge in [0, 0.05) is 12.1 Å². The summed E-state index contributed by atoms with van der Waals surface area (Å²) < 4.78 is 37.2. The Morgan fingerprint density at radius 2 is 2.18 bits per heavy atom. The number of rotatable bonds is 8. The Morgan fingerprint density at radius 3 is 2.82 bits per heavy atom. The SMILES string of the molecule is CCOc1ccc(S(=O)(=O)NCCCc2cnoc2)cc1C. The van der Waals surface area contributed by atoms with Crippen LogP contribution in [0, 0.1) is 6.92 Å². The fourth-order valence-electron chi connectivity index (χ4n) is 2.04. The zero-order valence-corrected chi connectivity index (χ0v) is 13.5. The van der Waals surface area contributed by atoms with E-state index < -0.39 is 10.0 Å². The molecule has 0 aliphatic carbocycles. The number of aryl methyl sites for hydroxylation is 2. The van der Waals surface area contributed by atoms with E-state index in [-0.39, 0.29) is 4.90 Å². The lowest BCUT2D eigenvalue weighted by atomic mass is 10.2. The normalized spacial score (nSPS) is 11.5. The number of aromatic nitrogens is 1. The quantitative estimate of drug-likeness (QED) is 0.754. The molecule has 0 fully saturated rings. The lowest BCUT2D eigenvalue weighted by molar-refractivity contribution is 0.337. The molecule has 0 saturated heterocycles. The van der Waals surface area contributed by atoms with Crippen molar-refractivity contribution in [3.63, 3.8) is 0 Å². The summed E-state index contributed by atoms with van der Waals surface area (Å²) in [6.07, 6.45) is 4.58. The predicted molar refractivity (Wildman–Crippen MR) is 82.4 cm³/mol. The molecule has 0 radical (unpaired) electrons. The molecule has 120 valence electrons. The number of hydrogen-bond acceptors (Lipinski definition) is 5. The summed E-state index contributed by atoms with van der Waals surface area (Å²) in [7, 11) is -3.50. The van der Waals surface area contributed by atoms with E-state index in [1.54, 1.807) is 30.7 Å². The number of benzene rings is 1. The van der Waals surface area contributed by atoms with Crippen LogP contribution in [0.1, 0.15) is 24.5 Å². The molecule has 7 heteroatoms. The highest BCUT2D eigenvalue weighted by molar-refractivity contribution is 7.89. The van der Waals surface area contributed by atoms with E-state index in [9.17, 15) is 8.42 Å². The number of nitrogens with one attached hydrogen (secondary N) is 1. The Kier molecular flexibility index (Phi) is 5.57. The van der Waals surface area contributed by atoms with E-state index in [0.29, 0.717) is 31.7 Å². The van der Waals surface area contributed by atoms with Gasteiger partial charge in [-0.1, -0.05) is 5.16 Å². The van der Waals surface area contributed by atoms with Crippen LogP contribution in [0.2, 0.25) is 0 Å². The van der Waals surface area contributed by atoms with Crippen LogP contribution in [-0.4, -0.2) is 26.7 Å². The average molecular weight is 324 g/mol. The molecule has 0 bridgehead atoms. The third kappa shape index (κ3) is 4.32. The molecule has 6 nitrogen and oxygen atoms in total. The lowest BCUT2D eigenvalue weighted by Gasteiger charge is -2.10. The summed E-state index contributed by atoms with van der Waals surface area (Å²) in [6, 6.07) is 4.86. The van der Waals surface area contributed by atoms with Crippen LogP contribution in [0.3, 0.4) is 0 Å². The van der Waals surface area contributed by atoms with E-state index in [4.69, 9.17) is 9.26 Å². The molecule has 0 aliphatic heterocycles. The first-order chi connectivity index (χ1) is 10.5. The topological polar surface area (TPSA) is 81.4 Å². The molecular formula is C15H20N2O4S. The molecule has 0 atom stereocenters. The van der Waals surface area contributed by atoms with Crippen molar-refractivity contribution in [2.24, 2.45) is 0 Å². The monoisotopic (exact) mass is 324 g/mol. The second kappa shape index (κ2) is 7.42. The van der Waals surface area contributed by atoms with Gasteiger partial charge in [-0.3, -0.25) is 0 Å².